The first-order valence-corrected chi connectivity index (χ1v) is 3.62. The van der Waals surface area contributed by atoms with E-state index in [1.54, 1.807) is 11.9 Å². The van der Waals surface area contributed by atoms with Crippen molar-refractivity contribution in [3.8, 4) is 0 Å². The van der Waals surface area contributed by atoms with Crippen LogP contribution in [0.5, 0.6) is 0 Å². The monoisotopic (exact) mass is 139 g/mol. The average Bonchev–Trinajstić information content (AvgIpc) is 2.17. The van der Waals surface area contributed by atoms with E-state index in [1.165, 1.54) is 0 Å². The van der Waals surface area contributed by atoms with E-state index in [0.29, 0.717) is 0 Å². The third-order valence-electron chi connectivity index (χ3n) is 2.13. The normalized spacial score (nSPS) is 26.2. The second-order valence-electron chi connectivity index (χ2n) is 2.77. The molecule has 1 rings (SSSR count). The second kappa shape index (κ2) is 2.45. The molecule has 2 heteroatoms. The van der Waals surface area contributed by atoms with Crippen LogP contribution in [0.3, 0.4) is 0 Å². The van der Waals surface area contributed by atoms with E-state index in [4.69, 9.17) is 0 Å². The Hall–Kier alpha value is -0.790. The van der Waals surface area contributed by atoms with Gasteiger partial charge in [0.15, 0.2) is 0 Å². The maximum absolute atomic E-state index is 11.2. The van der Waals surface area contributed by atoms with Gasteiger partial charge in [-0.2, -0.15) is 0 Å². The van der Waals surface area contributed by atoms with Crippen LogP contribution in [0.4, 0.5) is 0 Å². The predicted octanol–water partition coefficient (Wildman–Crippen LogP) is 1.39. The Morgan fingerprint density at radius 3 is 2.60 bits per heavy atom. The second-order valence-corrected chi connectivity index (χ2v) is 2.77. The molecule has 0 aromatic carbocycles. The molecule has 1 unspecified atom stereocenters. The van der Waals surface area contributed by atoms with Gasteiger partial charge >= 0.3 is 0 Å². The minimum Gasteiger partial charge on any atom is -0.320 e. The number of hydrogen-bond donors (Lipinski definition) is 0. The van der Waals surface area contributed by atoms with Gasteiger partial charge in [0.2, 0.25) is 5.91 Å². The van der Waals surface area contributed by atoms with Crippen LogP contribution in [0.25, 0.3) is 0 Å². The Morgan fingerprint density at radius 2 is 2.40 bits per heavy atom. The lowest BCUT2D eigenvalue weighted by molar-refractivity contribution is -0.129. The maximum atomic E-state index is 11.2. The molecular formula is C8H13NO. The van der Waals surface area contributed by atoms with E-state index in [-0.39, 0.29) is 11.8 Å². The van der Waals surface area contributed by atoms with Gasteiger partial charge in [0.1, 0.15) is 0 Å². The Bertz CT molecular complexity index is 174. The molecule has 1 fully saturated rings. The molecule has 1 aliphatic heterocycles. The highest BCUT2D eigenvalue weighted by atomic mass is 16.2. The van der Waals surface area contributed by atoms with Crippen LogP contribution in [0, 0.1) is 5.92 Å². The molecule has 0 N–H and O–H groups in total. The van der Waals surface area contributed by atoms with Crippen molar-refractivity contribution in [2.45, 2.75) is 19.8 Å². The first-order valence-electron chi connectivity index (χ1n) is 3.62. The van der Waals surface area contributed by atoms with Gasteiger partial charge in [-0.25, -0.2) is 0 Å². The molecule has 10 heavy (non-hydrogen) atoms. The number of likely N-dealkylation sites (tertiary alicyclic amines) is 1. The summed E-state index contributed by atoms with van der Waals surface area (Å²) in [5, 5.41) is 0. The molecule has 0 radical (unpaired) electrons. The number of nitrogens with zero attached hydrogens (tertiary/aromatic N) is 1. The molecule has 1 heterocycles. The minimum absolute atomic E-state index is 0.206. The number of rotatable bonds is 1. The first kappa shape index (κ1) is 7.32. The molecule has 56 valence electrons. The van der Waals surface area contributed by atoms with Gasteiger partial charge < -0.3 is 4.90 Å². The summed E-state index contributed by atoms with van der Waals surface area (Å²) in [6.07, 6.45) is 1.79. The van der Waals surface area contributed by atoms with Gasteiger partial charge in [-0.3, -0.25) is 4.79 Å². The standard InChI is InChI=1S/C8H13NO/c1-4-7-5-6(2)9(3)8(7)10/h7H,2,4-5H2,1,3H3. The highest BCUT2D eigenvalue weighted by molar-refractivity contribution is 5.83. The largest absolute Gasteiger partial charge is 0.320 e. The van der Waals surface area contributed by atoms with E-state index in [2.05, 4.69) is 6.58 Å². The Kier molecular flexibility index (Phi) is 1.79. The SMILES string of the molecule is C=C1CC(CC)C(=O)N1C. The van der Waals surface area contributed by atoms with Crippen LogP contribution >= 0.6 is 0 Å². The summed E-state index contributed by atoms with van der Waals surface area (Å²) < 4.78 is 0. The average molecular weight is 139 g/mol. The minimum atomic E-state index is 0.206. The van der Waals surface area contributed by atoms with Crippen LogP contribution in [-0.4, -0.2) is 17.9 Å². The molecule has 0 aromatic rings. The number of carbonyl (C=O) groups excluding carboxylic acids is 1. The van der Waals surface area contributed by atoms with Crippen molar-refractivity contribution in [1.82, 2.24) is 4.90 Å². The number of allylic oxidation sites excluding steroid dienone is 1. The van der Waals surface area contributed by atoms with Crippen LogP contribution in [0.1, 0.15) is 19.8 Å². The summed E-state index contributed by atoms with van der Waals surface area (Å²) in [7, 11) is 1.79. The number of hydrogen-bond acceptors (Lipinski definition) is 1. The third kappa shape index (κ3) is 0.939. The van der Waals surface area contributed by atoms with Crippen molar-refractivity contribution in [3.63, 3.8) is 0 Å². The van der Waals surface area contributed by atoms with E-state index in [1.807, 2.05) is 6.92 Å². The summed E-state index contributed by atoms with van der Waals surface area (Å²) in [4.78, 5) is 12.9. The maximum Gasteiger partial charge on any atom is 0.229 e. The fourth-order valence-electron chi connectivity index (χ4n) is 1.26. The molecule has 1 atom stereocenters. The summed E-state index contributed by atoms with van der Waals surface area (Å²) in [6, 6.07) is 0. The molecule has 0 bridgehead atoms. The summed E-state index contributed by atoms with van der Waals surface area (Å²) in [5.74, 6) is 0.435. The zero-order valence-electron chi connectivity index (χ0n) is 6.55. The van der Waals surface area contributed by atoms with Crippen molar-refractivity contribution >= 4 is 5.91 Å². The lowest BCUT2D eigenvalue weighted by atomic mass is 10.1. The quantitative estimate of drug-likeness (QED) is 0.537. The lowest BCUT2D eigenvalue weighted by Crippen LogP contribution is -2.20. The van der Waals surface area contributed by atoms with Crippen LogP contribution in [-0.2, 0) is 4.79 Å². The molecule has 0 aliphatic carbocycles. The van der Waals surface area contributed by atoms with Gasteiger partial charge in [-0.1, -0.05) is 13.5 Å². The highest BCUT2D eigenvalue weighted by Crippen LogP contribution is 2.26. The van der Waals surface area contributed by atoms with Gasteiger partial charge in [0.05, 0.1) is 0 Å². The fraction of sp³-hybridized carbons (Fsp3) is 0.625. The van der Waals surface area contributed by atoms with E-state index < -0.39 is 0 Å². The van der Waals surface area contributed by atoms with Gasteiger partial charge in [-0.05, 0) is 12.8 Å². The number of amides is 1. The smallest absolute Gasteiger partial charge is 0.229 e. The van der Waals surface area contributed by atoms with Gasteiger partial charge in [0.25, 0.3) is 0 Å². The van der Waals surface area contributed by atoms with E-state index in [0.717, 1.165) is 18.5 Å². The Labute approximate surface area is 61.5 Å². The van der Waals surface area contributed by atoms with E-state index >= 15 is 0 Å². The number of carbonyl (C=O) groups is 1. The van der Waals surface area contributed by atoms with Gasteiger partial charge in [-0.15, -0.1) is 0 Å². The molecule has 2 nitrogen and oxygen atoms in total. The zero-order chi connectivity index (χ0) is 7.72. The fourth-order valence-corrected chi connectivity index (χ4v) is 1.26. The van der Waals surface area contributed by atoms with E-state index in [9.17, 15) is 4.79 Å². The summed E-state index contributed by atoms with van der Waals surface area (Å²) >= 11 is 0. The van der Waals surface area contributed by atoms with Crippen molar-refractivity contribution in [2.75, 3.05) is 7.05 Å². The summed E-state index contributed by atoms with van der Waals surface area (Å²) in [6.45, 7) is 5.83. The molecule has 1 aliphatic rings. The van der Waals surface area contributed by atoms with Crippen LogP contribution < -0.4 is 0 Å². The molecule has 1 saturated heterocycles. The van der Waals surface area contributed by atoms with Crippen molar-refractivity contribution in [3.05, 3.63) is 12.3 Å². The van der Waals surface area contributed by atoms with Crippen LogP contribution in [0.2, 0.25) is 0 Å². The predicted molar refractivity (Wildman–Crippen MR) is 40.3 cm³/mol. The molecule has 1 amide bonds. The zero-order valence-corrected chi connectivity index (χ0v) is 6.55. The topological polar surface area (TPSA) is 20.3 Å². The molecule has 0 aromatic heterocycles. The Balaban J connectivity index is 2.71. The van der Waals surface area contributed by atoms with Crippen molar-refractivity contribution in [1.29, 1.82) is 0 Å². The van der Waals surface area contributed by atoms with Gasteiger partial charge in [0, 0.05) is 18.7 Å². The molecule has 0 spiro atoms. The molecule has 0 saturated carbocycles. The van der Waals surface area contributed by atoms with Crippen molar-refractivity contribution in [2.24, 2.45) is 5.92 Å². The Morgan fingerprint density at radius 1 is 1.80 bits per heavy atom. The first-order chi connectivity index (χ1) is 4.66. The van der Waals surface area contributed by atoms with Crippen LogP contribution in [0.15, 0.2) is 12.3 Å². The highest BCUT2D eigenvalue weighted by Gasteiger charge is 2.29. The lowest BCUT2D eigenvalue weighted by Gasteiger charge is -2.08. The molecular weight excluding hydrogens is 126 g/mol. The summed E-state index contributed by atoms with van der Waals surface area (Å²) in [5.41, 5.74) is 0.955. The van der Waals surface area contributed by atoms with Crippen molar-refractivity contribution < 1.29 is 4.79 Å². The third-order valence-corrected chi connectivity index (χ3v) is 2.13.